The van der Waals surface area contributed by atoms with E-state index in [2.05, 4.69) is 34.7 Å². The van der Waals surface area contributed by atoms with Crippen LogP contribution in [0.4, 0.5) is 0 Å². The minimum absolute atomic E-state index is 0.274. The molecule has 0 bridgehead atoms. The third-order valence-electron chi connectivity index (χ3n) is 3.95. The monoisotopic (exact) mass is 317 g/mol. The predicted molar refractivity (Wildman–Crippen MR) is 81.1 cm³/mol. The largest absolute Gasteiger partial charge is 0.339 e. The maximum Gasteiger partial charge on any atom is 0.225 e. The molecule has 0 spiro atoms. The third kappa shape index (κ3) is 4.56. The third-order valence-corrected chi connectivity index (χ3v) is 4.52. The van der Waals surface area contributed by atoms with Gasteiger partial charge < -0.3 is 4.90 Å². The van der Waals surface area contributed by atoms with Crippen molar-refractivity contribution in [3.05, 3.63) is 0 Å². The van der Waals surface area contributed by atoms with Crippen molar-refractivity contribution in [2.75, 3.05) is 11.9 Å². The fourth-order valence-electron chi connectivity index (χ4n) is 2.72. The Labute approximate surface area is 121 Å². The van der Waals surface area contributed by atoms with Crippen molar-refractivity contribution in [1.82, 2.24) is 4.90 Å². The lowest BCUT2D eigenvalue weighted by atomic mass is 9.88. The van der Waals surface area contributed by atoms with Crippen LogP contribution in [0.3, 0.4) is 0 Å². The van der Waals surface area contributed by atoms with Gasteiger partial charge in [-0.25, -0.2) is 0 Å². The number of amides is 1. The van der Waals surface area contributed by atoms with Crippen molar-refractivity contribution in [2.24, 2.45) is 5.92 Å². The van der Waals surface area contributed by atoms with Crippen molar-refractivity contribution in [1.29, 1.82) is 0 Å². The van der Waals surface area contributed by atoms with E-state index >= 15 is 0 Å². The maximum absolute atomic E-state index is 12.7. The molecule has 0 atom stereocenters. The molecule has 0 aromatic carbocycles. The molecule has 1 aliphatic carbocycles. The summed E-state index contributed by atoms with van der Waals surface area (Å²) in [5, 5.41) is 0.996. The van der Waals surface area contributed by atoms with Gasteiger partial charge in [0.1, 0.15) is 0 Å². The van der Waals surface area contributed by atoms with E-state index in [9.17, 15) is 4.79 Å². The van der Waals surface area contributed by atoms with Crippen molar-refractivity contribution in [2.45, 2.75) is 71.3 Å². The van der Waals surface area contributed by atoms with Gasteiger partial charge in [0.05, 0.1) is 0 Å². The first-order valence-electron chi connectivity index (χ1n) is 7.61. The number of carbonyl (C=O) groups is 1. The zero-order chi connectivity index (χ0) is 13.4. The average molecular weight is 318 g/mol. The average Bonchev–Trinajstić information content (AvgIpc) is 2.31. The van der Waals surface area contributed by atoms with Gasteiger partial charge in [0.15, 0.2) is 0 Å². The lowest BCUT2D eigenvalue weighted by Crippen LogP contribution is -2.47. The Morgan fingerprint density at radius 3 is 2.28 bits per heavy atom. The molecule has 0 heterocycles. The van der Waals surface area contributed by atoms with E-state index in [1.54, 1.807) is 0 Å². The number of hydrogen-bond donors (Lipinski definition) is 0. The van der Waals surface area contributed by atoms with Crippen molar-refractivity contribution in [3.63, 3.8) is 0 Å². The van der Waals surface area contributed by atoms with Crippen LogP contribution in [-0.4, -0.2) is 28.7 Å². The lowest BCUT2D eigenvalue weighted by molar-refractivity contribution is -0.140. The van der Waals surface area contributed by atoms with Crippen LogP contribution < -0.4 is 0 Å². The molecule has 3 heteroatoms. The molecule has 0 aromatic heterocycles. The van der Waals surface area contributed by atoms with Gasteiger partial charge in [0, 0.05) is 23.8 Å². The Balaban J connectivity index is 2.59. The predicted octanol–water partition coefficient (Wildman–Crippen LogP) is 4.37. The number of alkyl halides is 1. The topological polar surface area (TPSA) is 20.3 Å². The molecule has 1 aliphatic rings. The van der Waals surface area contributed by atoms with E-state index in [4.69, 9.17) is 0 Å². The molecule has 0 N–H and O–H groups in total. The van der Waals surface area contributed by atoms with Crippen LogP contribution in [0, 0.1) is 5.92 Å². The van der Waals surface area contributed by atoms with Gasteiger partial charge in [-0.3, -0.25) is 4.79 Å². The second-order valence-electron chi connectivity index (χ2n) is 5.43. The van der Waals surface area contributed by atoms with Crippen LogP contribution in [0.5, 0.6) is 0 Å². The number of rotatable bonds is 9. The summed E-state index contributed by atoms with van der Waals surface area (Å²) in [7, 11) is 0. The molecule has 106 valence electrons. The first-order valence-corrected chi connectivity index (χ1v) is 8.73. The molecule has 0 aromatic rings. The van der Waals surface area contributed by atoms with E-state index in [0.29, 0.717) is 11.9 Å². The fraction of sp³-hybridized carbons (Fsp3) is 0.933. The Kier molecular flexibility index (Phi) is 7.96. The van der Waals surface area contributed by atoms with Crippen molar-refractivity contribution >= 4 is 21.8 Å². The summed E-state index contributed by atoms with van der Waals surface area (Å²) >= 11 is 3.48. The summed E-state index contributed by atoms with van der Waals surface area (Å²) in [5.41, 5.74) is 0. The van der Waals surface area contributed by atoms with Gasteiger partial charge in [0.25, 0.3) is 0 Å². The van der Waals surface area contributed by atoms with Crippen molar-refractivity contribution < 1.29 is 4.79 Å². The highest BCUT2D eigenvalue weighted by molar-refractivity contribution is 9.09. The molecule has 1 fully saturated rings. The Morgan fingerprint density at radius 1 is 1.28 bits per heavy atom. The summed E-state index contributed by atoms with van der Waals surface area (Å²) in [5.74, 6) is 0.709. The summed E-state index contributed by atoms with van der Waals surface area (Å²) in [6.07, 6.45) is 9.18. The Bertz CT molecular complexity index is 235. The zero-order valence-electron chi connectivity index (χ0n) is 12.0. The molecule has 0 unspecified atom stereocenters. The van der Waals surface area contributed by atoms with E-state index in [1.165, 1.54) is 19.3 Å². The van der Waals surface area contributed by atoms with Gasteiger partial charge in [-0.15, -0.1) is 0 Å². The van der Waals surface area contributed by atoms with E-state index in [0.717, 1.165) is 44.0 Å². The van der Waals surface area contributed by atoms with Gasteiger partial charge in [0.2, 0.25) is 5.91 Å². The highest BCUT2D eigenvalue weighted by Crippen LogP contribution is 2.28. The minimum atomic E-state index is 0.274. The standard InChI is InChI=1S/C15H28BrNO/c1-3-7-13(8-4-2)15(18)17(12-6-11-16)14-9-5-10-14/h13-14H,3-12H2,1-2H3. The maximum atomic E-state index is 12.7. The molecule has 2 nitrogen and oxygen atoms in total. The number of carbonyl (C=O) groups excluding carboxylic acids is 1. The highest BCUT2D eigenvalue weighted by atomic mass is 79.9. The smallest absolute Gasteiger partial charge is 0.225 e. The molecular weight excluding hydrogens is 290 g/mol. The Hall–Kier alpha value is -0.0500. The SMILES string of the molecule is CCCC(CCC)C(=O)N(CCCBr)C1CCC1. The summed E-state index contributed by atoms with van der Waals surface area (Å²) < 4.78 is 0. The second kappa shape index (κ2) is 8.95. The number of hydrogen-bond acceptors (Lipinski definition) is 1. The highest BCUT2D eigenvalue weighted by Gasteiger charge is 2.31. The molecule has 18 heavy (non-hydrogen) atoms. The van der Waals surface area contributed by atoms with Gasteiger partial charge in [-0.2, -0.15) is 0 Å². The molecule has 1 saturated carbocycles. The van der Waals surface area contributed by atoms with Crippen LogP contribution in [0.2, 0.25) is 0 Å². The molecular formula is C15H28BrNO. The minimum Gasteiger partial charge on any atom is -0.339 e. The Morgan fingerprint density at radius 2 is 1.89 bits per heavy atom. The quantitative estimate of drug-likeness (QED) is 0.578. The van der Waals surface area contributed by atoms with E-state index in [-0.39, 0.29) is 5.92 Å². The van der Waals surface area contributed by atoms with Gasteiger partial charge in [-0.05, 0) is 38.5 Å². The molecule has 0 aliphatic heterocycles. The summed E-state index contributed by atoms with van der Waals surface area (Å²) in [6.45, 7) is 5.31. The van der Waals surface area contributed by atoms with Crippen LogP contribution in [-0.2, 0) is 4.79 Å². The molecule has 1 rings (SSSR count). The zero-order valence-corrected chi connectivity index (χ0v) is 13.5. The summed E-state index contributed by atoms with van der Waals surface area (Å²) in [4.78, 5) is 14.9. The second-order valence-corrected chi connectivity index (χ2v) is 6.23. The van der Waals surface area contributed by atoms with Crippen LogP contribution in [0.15, 0.2) is 0 Å². The molecule has 0 saturated heterocycles. The molecule has 1 amide bonds. The van der Waals surface area contributed by atoms with Crippen molar-refractivity contribution in [3.8, 4) is 0 Å². The van der Waals surface area contributed by atoms with Gasteiger partial charge >= 0.3 is 0 Å². The van der Waals surface area contributed by atoms with Gasteiger partial charge in [-0.1, -0.05) is 42.6 Å². The normalized spacial score (nSPS) is 15.8. The molecule has 0 radical (unpaired) electrons. The van der Waals surface area contributed by atoms with Crippen LogP contribution in [0.1, 0.15) is 65.2 Å². The van der Waals surface area contributed by atoms with E-state index in [1.807, 2.05) is 0 Å². The lowest BCUT2D eigenvalue weighted by Gasteiger charge is -2.39. The number of halogens is 1. The van der Waals surface area contributed by atoms with Crippen LogP contribution >= 0.6 is 15.9 Å². The first-order chi connectivity index (χ1) is 8.74. The number of nitrogens with zero attached hydrogens (tertiary/aromatic N) is 1. The first kappa shape index (κ1) is 16.0. The summed E-state index contributed by atoms with van der Waals surface area (Å²) in [6, 6.07) is 0.549. The van der Waals surface area contributed by atoms with Crippen LogP contribution in [0.25, 0.3) is 0 Å². The van der Waals surface area contributed by atoms with E-state index < -0.39 is 0 Å². The fourth-order valence-corrected chi connectivity index (χ4v) is 2.97.